The van der Waals surface area contributed by atoms with Crippen LogP contribution in [-0.4, -0.2) is 99.4 Å². The molecular formula is C58H112N2O8. The van der Waals surface area contributed by atoms with Crippen LogP contribution in [0.4, 0.5) is 0 Å². The van der Waals surface area contributed by atoms with Gasteiger partial charge in [-0.15, -0.1) is 0 Å². The first kappa shape index (κ1) is 65.8. The largest absolute Gasteiger partial charge is 0.469 e. The summed E-state index contributed by atoms with van der Waals surface area (Å²) in [6, 6.07) is -0.0713. The molecule has 10 heteroatoms. The second-order valence-corrected chi connectivity index (χ2v) is 20.1. The van der Waals surface area contributed by atoms with Gasteiger partial charge in [0.2, 0.25) is 0 Å². The fraction of sp³-hybridized carbons (Fsp3) is 0.931. The zero-order valence-electron chi connectivity index (χ0n) is 45.7. The van der Waals surface area contributed by atoms with Gasteiger partial charge in [0.05, 0.1) is 52.6 Å². The molecule has 0 spiro atoms. The van der Waals surface area contributed by atoms with E-state index < -0.39 is 0 Å². The molecule has 10 nitrogen and oxygen atoms in total. The van der Waals surface area contributed by atoms with E-state index in [4.69, 9.17) is 18.9 Å². The van der Waals surface area contributed by atoms with E-state index in [1.54, 1.807) is 0 Å². The van der Waals surface area contributed by atoms with Crippen molar-refractivity contribution in [1.29, 1.82) is 0 Å². The summed E-state index contributed by atoms with van der Waals surface area (Å²) >= 11 is 0. The van der Waals surface area contributed by atoms with E-state index >= 15 is 0 Å². The molecule has 0 N–H and O–H groups in total. The van der Waals surface area contributed by atoms with Gasteiger partial charge >= 0.3 is 23.9 Å². The van der Waals surface area contributed by atoms with Crippen molar-refractivity contribution in [1.82, 2.24) is 9.80 Å². The highest BCUT2D eigenvalue weighted by Crippen LogP contribution is 2.16. The van der Waals surface area contributed by atoms with Gasteiger partial charge in [-0.3, -0.25) is 24.1 Å². The Balaban J connectivity index is 4.96. The summed E-state index contributed by atoms with van der Waals surface area (Å²) in [5.74, 6) is -0.982. The number of unbranched alkanes of at least 4 members (excludes halogenated alkanes) is 33. The number of methoxy groups -OCH3 is 1. The van der Waals surface area contributed by atoms with Gasteiger partial charge in [-0.1, -0.05) is 233 Å². The molecule has 0 fully saturated rings. The molecule has 402 valence electrons. The lowest BCUT2D eigenvalue weighted by Crippen LogP contribution is -2.45. The van der Waals surface area contributed by atoms with Crippen molar-refractivity contribution in [3.05, 3.63) is 0 Å². The molecule has 1 unspecified atom stereocenters. The topological polar surface area (TPSA) is 112 Å². The van der Waals surface area contributed by atoms with E-state index in [2.05, 4.69) is 37.5 Å². The Morgan fingerprint density at radius 3 is 0.838 bits per heavy atom. The molecule has 0 saturated heterocycles. The van der Waals surface area contributed by atoms with Gasteiger partial charge in [-0.25, -0.2) is 0 Å². The first-order valence-electron chi connectivity index (χ1n) is 29.3. The minimum absolute atomic E-state index is 0.0713. The maximum Gasteiger partial charge on any atom is 0.307 e. The standard InChI is InChI=1S/C58H112N2O8/c1-6-9-12-15-18-21-24-27-30-33-36-39-50-66-56(62)42-46-59(47-43-57(63)67-51-40-37-34-31-28-25-22-19-16-13-10-7-2)53-54(4)60(48-44-55(61)65-5)49-45-58(64)68-52-41-38-35-32-29-26-23-20-17-14-11-8-3/h54H,6-53H2,1-5H3. The van der Waals surface area contributed by atoms with Crippen LogP contribution in [-0.2, 0) is 38.1 Å². The lowest BCUT2D eigenvalue weighted by molar-refractivity contribution is -0.146. The molecule has 0 aliphatic rings. The molecule has 0 bridgehead atoms. The number of rotatable bonds is 54. The molecule has 0 radical (unpaired) electrons. The molecule has 0 aliphatic carbocycles. The highest BCUT2D eigenvalue weighted by Gasteiger charge is 2.22. The van der Waals surface area contributed by atoms with E-state index in [0.717, 1.165) is 38.5 Å². The van der Waals surface area contributed by atoms with E-state index in [-0.39, 0.29) is 55.6 Å². The average molecular weight is 966 g/mol. The minimum Gasteiger partial charge on any atom is -0.469 e. The second-order valence-electron chi connectivity index (χ2n) is 20.1. The van der Waals surface area contributed by atoms with Crippen LogP contribution >= 0.6 is 0 Å². The van der Waals surface area contributed by atoms with Crippen LogP contribution < -0.4 is 0 Å². The van der Waals surface area contributed by atoms with Crippen LogP contribution in [0, 0.1) is 0 Å². The van der Waals surface area contributed by atoms with Crippen LogP contribution in [0.5, 0.6) is 0 Å². The number of esters is 4. The maximum atomic E-state index is 12.9. The predicted molar refractivity (Wildman–Crippen MR) is 284 cm³/mol. The number of carbonyl (C=O) groups is 4. The first-order chi connectivity index (χ1) is 33.3. The Labute approximate surface area is 420 Å². The van der Waals surface area contributed by atoms with Gasteiger partial charge in [-0.05, 0) is 26.2 Å². The Morgan fingerprint density at radius 1 is 0.338 bits per heavy atom. The molecule has 0 saturated carbocycles. The second kappa shape index (κ2) is 52.6. The smallest absolute Gasteiger partial charge is 0.307 e. The molecular weight excluding hydrogens is 853 g/mol. The van der Waals surface area contributed by atoms with Crippen molar-refractivity contribution in [2.24, 2.45) is 0 Å². The van der Waals surface area contributed by atoms with E-state index in [1.165, 1.54) is 200 Å². The van der Waals surface area contributed by atoms with Gasteiger partial charge in [0.15, 0.2) is 0 Å². The number of hydrogen-bond acceptors (Lipinski definition) is 10. The number of ether oxygens (including phenoxy) is 4. The van der Waals surface area contributed by atoms with Crippen molar-refractivity contribution < 1.29 is 38.1 Å². The summed E-state index contributed by atoms with van der Waals surface area (Å²) in [7, 11) is 1.39. The van der Waals surface area contributed by atoms with Crippen molar-refractivity contribution in [3.63, 3.8) is 0 Å². The van der Waals surface area contributed by atoms with Crippen molar-refractivity contribution in [2.45, 2.75) is 291 Å². The van der Waals surface area contributed by atoms with Gasteiger partial charge < -0.3 is 23.8 Å². The van der Waals surface area contributed by atoms with Crippen LogP contribution in [0.1, 0.15) is 285 Å². The van der Waals surface area contributed by atoms with E-state index in [0.29, 0.717) is 52.5 Å². The van der Waals surface area contributed by atoms with E-state index in [9.17, 15) is 19.2 Å². The zero-order chi connectivity index (χ0) is 49.8. The number of nitrogens with zero attached hydrogens (tertiary/aromatic N) is 2. The van der Waals surface area contributed by atoms with Crippen molar-refractivity contribution in [3.8, 4) is 0 Å². The molecule has 1 atom stereocenters. The predicted octanol–water partition coefficient (Wildman–Crippen LogP) is 15.4. The quantitative estimate of drug-likeness (QED) is 0.0332. The van der Waals surface area contributed by atoms with Crippen LogP contribution in [0.15, 0.2) is 0 Å². The van der Waals surface area contributed by atoms with Gasteiger partial charge in [0, 0.05) is 38.8 Å². The normalized spacial score (nSPS) is 11.9. The molecule has 0 rings (SSSR count). The van der Waals surface area contributed by atoms with Crippen LogP contribution in [0.3, 0.4) is 0 Å². The molecule has 0 amide bonds. The highest BCUT2D eigenvalue weighted by molar-refractivity contribution is 5.71. The number of carbonyl (C=O) groups excluding carboxylic acids is 4. The zero-order valence-corrected chi connectivity index (χ0v) is 45.7. The Kier molecular flexibility index (Phi) is 50.9. The fourth-order valence-electron chi connectivity index (χ4n) is 9.01. The molecule has 0 aromatic rings. The summed E-state index contributed by atoms with van der Waals surface area (Å²) in [6.45, 7) is 12.5. The summed E-state index contributed by atoms with van der Waals surface area (Å²) in [6.07, 6.45) is 46.1. The van der Waals surface area contributed by atoms with Gasteiger partial charge in [0.1, 0.15) is 0 Å². The first-order valence-corrected chi connectivity index (χ1v) is 29.3. The monoisotopic (exact) mass is 965 g/mol. The third-order valence-corrected chi connectivity index (χ3v) is 13.6. The minimum atomic E-state index is -0.305. The molecule has 0 aliphatic heterocycles. The molecule has 0 aromatic heterocycles. The summed E-state index contributed by atoms with van der Waals surface area (Å²) in [5, 5.41) is 0. The lowest BCUT2D eigenvalue weighted by Gasteiger charge is -2.33. The summed E-state index contributed by atoms with van der Waals surface area (Å²) < 4.78 is 21.9. The number of hydrogen-bond donors (Lipinski definition) is 0. The molecule has 0 aromatic carbocycles. The summed E-state index contributed by atoms with van der Waals surface area (Å²) in [4.78, 5) is 55.2. The average Bonchev–Trinajstić information content (AvgIpc) is 3.33. The van der Waals surface area contributed by atoms with Crippen LogP contribution in [0.25, 0.3) is 0 Å². The SMILES string of the molecule is CCCCCCCCCCCCCCOC(=O)CCN(CCC(=O)OCCCCCCCCCCCCCC)CC(C)N(CCC(=O)OC)CCC(=O)OCCCCCCCCCCCCCC. The van der Waals surface area contributed by atoms with Crippen molar-refractivity contribution >= 4 is 23.9 Å². The maximum absolute atomic E-state index is 12.9. The highest BCUT2D eigenvalue weighted by atomic mass is 16.5. The Morgan fingerprint density at radius 2 is 0.574 bits per heavy atom. The fourth-order valence-corrected chi connectivity index (χ4v) is 9.01. The molecule has 0 heterocycles. The third-order valence-electron chi connectivity index (χ3n) is 13.6. The third kappa shape index (κ3) is 47.5. The lowest BCUT2D eigenvalue weighted by atomic mass is 10.1. The Bertz CT molecular complexity index is 1080. The Hall–Kier alpha value is -2.20. The van der Waals surface area contributed by atoms with E-state index in [1.807, 2.05) is 0 Å². The summed E-state index contributed by atoms with van der Waals surface area (Å²) in [5.41, 5.74) is 0. The van der Waals surface area contributed by atoms with Crippen molar-refractivity contribution in [2.75, 3.05) is 59.7 Å². The molecule has 68 heavy (non-hydrogen) atoms. The van der Waals surface area contributed by atoms with Gasteiger partial charge in [-0.2, -0.15) is 0 Å². The van der Waals surface area contributed by atoms with Crippen LogP contribution in [0.2, 0.25) is 0 Å². The van der Waals surface area contributed by atoms with Gasteiger partial charge in [0.25, 0.3) is 0 Å².